The topological polar surface area (TPSA) is 24.7 Å². The third-order valence-electron chi connectivity index (χ3n) is 9.41. The summed E-state index contributed by atoms with van der Waals surface area (Å²) in [7, 11) is 0. The van der Waals surface area contributed by atoms with Crippen molar-refractivity contribution in [1.82, 2.24) is 0 Å². The molecule has 0 aliphatic heterocycles. The molecule has 0 atom stereocenters. The van der Waals surface area contributed by atoms with Crippen molar-refractivity contribution < 1.29 is 0 Å². The molecule has 0 saturated heterocycles. The Kier molecular flexibility index (Phi) is 11.1. The van der Waals surface area contributed by atoms with Crippen molar-refractivity contribution in [3.05, 3.63) is 185 Å². The fourth-order valence-electron chi connectivity index (χ4n) is 6.63. The smallest absolute Gasteiger partial charge is 0.160 e. The number of nitrogens with zero attached hydrogens (tertiary/aromatic N) is 2. The van der Waals surface area contributed by atoms with Gasteiger partial charge in [-0.25, -0.2) is 9.98 Å². The van der Waals surface area contributed by atoms with Crippen LogP contribution in [0, 0.1) is 6.92 Å². The summed E-state index contributed by atoms with van der Waals surface area (Å²) in [6.45, 7) is 8.81. The highest BCUT2D eigenvalue weighted by atomic mass is 14.9. The molecule has 49 heavy (non-hydrogen) atoms. The van der Waals surface area contributed by atoms with Gasteiger partial charge in [-0.1, -0.05) is 166 Å². The van der Waals surface area contributed by atoms with Gasteiger partial charge in [0, 0.05) is 11.3 Å². The first kappa shape index (κ1) is 33.6. The Balaban J connectivity index is 1.42. The highest BCUT2D eigenvalue weighted by Gasteiger charge is 2.20. The molecule has 6 rings (SSSR count). The minimum Gasteiger partial charge on any atom is -0.233 e. The lowest BCUT2D eigenvalue weighted by molar-refractivity contribution is 0.958. The number of unbranched alkanes of at least 4 members (excludes halogenated alkanes) is 1. The summed E-state index contributed by atoms with van der Waals surface area (Å²) in [6.07, 6.45) is 9.70. The first-order chi connectivity index (χ1) is 24.1. The third-order valence-corrected chi connectivity index (χ3v) is 9.41. The van der Waals surface area contributed by atoms with Crippen LogP contribution in [0.3, 0.4) is 0 Å². The Hall–Kier alpha value is -5.34. The van der Waals surface area contributed by atoms with Crippen LogP contribution in [0.15, 0.2) is 161 Å². The third kappa shape index (κ3) is 8.04. The molecule has 0 radical (unpaired) electrons. The summed E-state index contributed by atoms with van der Waals surface area (Å²) in [5, 5.41) is 0. The number of amidine groups is 1. The fourth-order valence-corrected chi connectivity index (χ4v) is 6.63. The molecule has 2 nitrogen and oxygen atoms in total. The van der Waals surface area contributed by atoms with Gasteiger partial charge in [0.2, 0.25) is 0 Å². The first-order valence-electron chi connectivity index (χ1n) is 17.7. The maximum atomic E-state index is 5.35. The van der Waals surface area contributed by atoms with Gasteiger partial charge in [0.25, 0.3) is 0 Å². The average Bonchev–Trinajstić information content (AvgIpc) is 3.17. The van der Waals surface area contributed by atoms with Gasteiger partial charge in [0.1, 0.15) is 0 Å². The highest BCUT2D eigenvalue weighted by molar-refractivity contribution is 6.13. The molecule has 2 heteroatoms. The Labute approximate surface area is 293 Å². The predicted octanol–water partition coefficient (Wildman–Crippen LogP) is 12.8. The van der Waals surface area contributed by atoms with E-state index in [-0.39, 0.29) is 0 Å². The fraction of sp³-hybridized carbons (Fsp3) is 0.191. The molecule has 0 aromatic heterocycles. The van der Waals surface area contributed by atoms with Crippen molar-refractivity contribution in [2.45, 2.75) is 59.8 Å². The Morgan fingerprint density at radius 3 is 1.90 bits per heavy atom. The zero-order valence-corrected chi connectivity index (χ0v) is 29.3. The van der Waals surface area contributed by atoms with Gasteiger partial charge in [-0.2, -0.15) is 0 Å². The summed E-state index contributed by atoms with van der Waals surface area (Å²) in [4.78, 5) is 10.6. The summed E-state index contributed by atoms with van der Waals surface area (Å²) in [5.41, 5.74) is 15.8. The van der Waals surface area contributed by atoms with Gasteiger partial charge in [-0.3, -0.25) is 0 Å². The molecule has 5 aromatic rings. The quantitative estimate of drug-likeness (QED) is 0.107. The molecular weight excluding hydrogens is 593 g/mol. The molecule has 5 aromatic carbocycles. The van der Waals surface area contributed by atoms with Crippen molar-refractivity contribution in [2.75, 3.05) is 0 Å². The SMILES string of the molecule is CCC/C=C(/N=C(N=C(C)c1ccccc1)c1cccc(C2=C(CC)C=C(c3ccc(-c4ccccc4)cc3)CC2)c1C)c1ccccc1. The molecule has 1 aliphatic rings. The lowest BCUT2D eigenvalue weighted by atomic mass is 9.82. The van der Waals surface area contributed by atoms with Crippen LogP contribution in [-0.4, -0.2) is 11.5 Å². The molecule has 0 heterocycles. The molecule has 1 aliphatic carbocycles. The Morgan fingerprint density at radius 2 is 1.24 bits per heavy atom. The van der Waals surface area contributed by atoms with Gasteiger partial charge in [-0.15, -0.1) is 0 Å². The second kappa shape index (κ2) is 16.2. The van der Waals surface area contributed by atoms with Crippen LogP contribution in [0.1, 0.15) is 86.3 Å². The van der Waals surface area contributed by atoms with Gasteiger partial charge in [0.05, 0.1) is 5.70 Å². The van der Waals surface area contributed by atoms with E-state index in [9.17, 15) is 0 Å². The Morgan fingerprint density at radius 1 is 0.633 bits per heavy atom. The molecule has 244 valence electrons. The van der Waals surface area contributed by atoms with E-state index in [4.69, 9.17) is 9.98 Å². The number of hydrogen-bond acceptors (Lipinski definition) is 1. The number of hydrogen-bond donors (Lipinski definition) is 0. The van der Waals surface area contributed by atoms with E-state index in [1.54, 1.807) is 0 Å². The highest BCUT2D eigenvalue weighted by Crippen LogP contribution is 2.39. The van der Waals surface area contributed by atoms with Gasteiger partial charge < -0.3 is 0 Å². The van der Waals surface area contributed by atoms with Crippen LogP contribution in [0.25, 0.3) is 28.0 Å². The van der Waals surface area contributed by atoms with E-state index in [2.05, 4.69) is 167 Å². The molecular formula is C47H46N2. The van der Waals surface area contributed by atoms with Crippen LogP contribution >= 0.6 is 0 Å². The largest absolute Gasteiger partial charge is 0.233 e. The molecule has 0 fully saturated rings. The summed E-state index contributed by atoms with van der Waals surface area (Å²) < 4.78 is 0. The van der Waals surface area contributed by atoms with E-state index in [1.165, 1.54) is 44.5 Å². The van der Waals surface area contributed by atoms with Crippen molar-refractivity contribution in [2.24, 2.45) is 9.98 Å². The lowest BCUT2D eigenvalue weighted by Gasteiger charge is -2.23. The van der Waals surface area contributed by atoms with Crippen LogP contribution < -0.4 is 0 Å². The summed E-state index contributed by atoms with van der Waals surface area (Å²) >= 11 is 0. The summed E-state index contributed by atoms with van der Waals surface area (Å²) in [5.74, 6) is 0.746. The van der Waals surface area contributed by atoms with Gasteiger partial charge >= 0.3 is 0 Å². The van der Waals surface area contributed by atoms with Crippen molar-refractivity contribution >= 4 is 28.4 Å². The van der Waals surface area contributed by atoms with Crippen molar-refractivity contribution in [3.63, 3.8) is 0 Å². The van der Waals surface area contributed by atoms with E-state index in [1.807, 2.05) is 6.07 Å². The summed E-state index contributed by atoms with van der Waals surface area (Å²) in [6, 6.07) is 47.2. The van der Waals surface area contributed by atoms with Crippen molar-refractivity contribution in [1.29, 1.82) is 0 Å². The number of benzene rings is 5. The zero-order valence-electron chi connectivity index (χ0n) is 29.3. The van der Waals surface area contributed by atoms with E-state index in [0.29, 0.717) is 0 Å². The van der Waals surface area contributed by atoms with Gasteiger partial charge in [0.15, 0.2) is 5.84 Å². The standard InChI is InChI=1S/C47H46N2/c1-5-7-26-46(41-22-15-10-16-23-41)49-47(48-35(4)37-18-11-8-12-19-37)44-25-17-24-43(34(44)3)45-32-31-42(33-36(45)6-2)40-29-27-39(28-30-40)38-20-13-9-14-21-38/h8-30,33H,5-7,31-32H2,1-4H3/b46-26+,48-35?,49-47?. The van der Waals surface area contributed by atoms with Gasteiger partial charge in [-0.05, 0) is 95.2 Å². The molecule has 0 N–H and O–H groups in total. The van der Waals surface area contributed by atoms with E-state index < -0.39 is 0 Å². The minimum atomic E-state index is 0.746. The van der Waals surface area contributed by atoms with E-state index in [0.717, 1.165) is 66.0 Å². The second-order valence-corrected chi connectivity index (χ2v) is 12.7. The molecule has 0 amide bonds. The van der Waals surface area contributed by atoms with Crippen molar-refractivity contribution in [3.8, 4) is 11.1 Å². The molecule has 0 unspecified atom stereocenters. The molecule has 0 saturated carbocycles. The maximum Gasteiger partial charge on any atom is 0.160 e. The number of rotatable bonds is 10. The molecule has 0 spiro atoms. The monoisotopic (exact) mass is 638 g/mol. The first-order valence-corrected chi connectivity index (χ1v) is 17.7. The minimum absolute atomic E-state index is 0.746. The Bertz CT molecular complexity index is 2020. The number of aliphatic imine (C=N–C) groups is 2. The predicted molar refractivity (Wildman–Crippen MR) is 212 cm³/mol. The maximum absolute atomic E-state index is 5.35. The van der Waals surface area contributed by atoms with Crippen LogP contribution in [0.2, 0.25) is 0 Å². The van der Waals surface area contributed by atoms with E-state index >= 15 is 0 Å². The lowest BCUT2D eigenvalue weighted by Crippen LogP contribution is -2.08. The van der Waals surface area contributed by atoms with Crippen LogP contribution in [0.4, 0.5) is 0 Å². The molecule has 0 bridgehead atoms. The zero-order chi connectivity index (χ0) is 34.0. The normalized spacial score (nSPS) is 14.2. The van der Waals surface area contributed by atoms with Crippen LogP contribution in [0.5, 0.6) is 0 Å². The average molecular weight is 639 g/mol. The van der Waals surface area contributed by atoms with Crippen LogP contribution in [-0.2, 0) is 0 Å². The number of allylic oxidation sites excluding steroid dienone is 5. The second-order valence-electron chi connectivity index (χ2n) is 12.7.